The van der Waals surface area contributed by atoms with Crippen LogP contribution in [0.4, 0.5) is 0 Å². The van der Waals surface area contributed by atoms with Gasteiger partial charge in [-0.3, -0.25) is 9.59 Å². The van der Waals surface area contributed by atoms with Gasteiger partial charge in [0.2, 0.25) is 5.91 Å². The Hall–Kier alpha value is -1.10. The molecular formula is C13H26N2O3. The van der Waals surface area contributed by atoms with Gasteiger partial charge in [0.1, 0.15) is 0 Å². The van der Waals surface area contributed by atoms with E-state index < -0.39 is 17.8 Å². The number of aliphatic carboxylic acids is 1. The van der Waals surface area contributed by atoms with Crippen LogP contribution in [0.5, 0.6) is 0 Å². The van der Waals surface area contributed by atoms with Crippen LogP contribution in [0.3, 0.4) is 0 Å². The molecule has 106 valence electrons. The van der Waals surface area contributed by atoms with Crippen molar-refractivity contribution in [2.45, 2.75) is 33.7 Å². The number of likely N-dealkylation sites (N-methyl/N-ethyl adjacent to an activating group) is 1. The molecule has 5 nitrogen and oxygen atoms in total. The van der Waals surface area contributed by atoms with E-state index >= 15 is 0 Å². The lowest BCUT2D eigenvalue weighted by atomic mass is 9.94. The van der Waals surface area contributed by atoms with Crippen LogP contribution >= 0.6 is 0 Å². The van der Waals surface area contributed by atoms with Crippen molar-refractivity contribution in [1.29, 1.82) is 0 Å². The second-order valence-corrected chi connectivity index (χ2v) is 5.54. The fourth-order valence-corrected chi connectivity index (χ4v) is 1.57. The lowest BCUT2D eigenvalue weighted by Crippen LogP contribution is -2.48. The molecule has 0 heterocycles. The van der Waals surface area contributed by atoms with Gasteiger partial charge in [0.05, 0.1) is 5.92 Å². The van der Waals surface area contributed by atoms with Crippen LogP contribution in [0, 0.1) is 17.8 Å². The normalized spacial score (nSPS) is 16.4. The smallest absolute Gasteiger partial charge is 0.307 e. The zero-order valence-electron chi connectivity index (χ0n) is 12.2. The van der Waals surface area contributed by atoms with Gasteiger partial charge < -0.3 is 15.3 Å². The van der Waals surface area contributed by atoms with Crippen molar-refractivity contribution >= 4 is 11.9 Å². The van der Waals surface area contributed by atoms with Crippen molar-refractivity contribution in [1.82, 2.24) is 10.2 Å². The molecule has 18 heavy (non-hydrogen) atoms. The molecule has 0 rings (SSSR count). The minimum absolute atomic E-state index is 0.0379. The van der Waals surface area contributed by atoms with Crippen LogP contribution < -0.4 is 5.32 Å². The highest BCUT2D eigenvalue weighted by Crippen LogP contribution is 2.12. The summed E-state index contributed by atoms with van der Waals surface area (Å²) in [6.45, 7) is 8.04. The molecule has 0 aromatic heterocycles. The summed E-state index contributed by atoms with van der Waals surface area (Å²) in [5.74, 6) is -2.01. The molecule has 3 atom stereocenters. The highest BCUT2D eigenvalue weighted by Gasteiger charge is 2.28. The van der Waals surface area contributed by atoms with Gasteiger partial charge in [-0.05, 0) is 20.0 Å². The fraction of sp³-hybridized carbons (Fsp3) is 0.846. The Balaban J connectivity index is 4.55. The lowest BCUT2D eigenvalue weighted by Gasteiger charge is -2.27. The number of rotatable bonds is 7. The van der Waals surface area contributed by atoms with Crippen molar-refractivity contribution in [3.05, 3.63) is 0 Å². The molecule has 0 saturated heterocycles. The molecule has 0 spiro atoms. The summed E-state index contributed by atoms with van der Waals surface area (Å²) in [4.78, 5) is 24.9. The minimum atomic E-state index is -0.939. The van der Waals surface area contributed by atoms with Crippen LogP contribution in [0.1, 0.15) is 27.7 Å². The average molecular weight is 258 g/mol. The molecule has 0 aliphatic rings. The van der Waals surface area contributed by atoms with Crippen LogP contribution in [-0.2, 0) is 9.59 Å². The number of amides is 1. The molecule has 0 aromatic carbocycles. The number of carbonyl (C=O) groups excluding carboxylic acids is 1. The molecule has 0 radical (unpaired) electrons. The van der Waals surface area contributed by atoms with Crippen molar-refractivity contribution in [2.24, 2.45) is 17.8 Å². The first kappa shape index (κ1) is 16.9. The molecule has 0 fully saturated rings. The Morgan fingerprint density at radius 3 is 1.94 bits per heavy atom. The molecule has 0 aliphatic heterocycles. The van der Waals surface area contributed by atoms with E-state index in [2.05, 4.69) is 5.32 Å². The topological polar surface area (TPSA) is 69.6 Å². The van der Waals surface area contributed by atoms with E-state index in [1.807, 2.05) is 32.8 Å². The highest BCUT2D eigenvalue weighted by atomic mass is 16.4. The van der Waals surface area contributed by atoms with Gasteiger partial charge in [0, 0.05) is 18.5 Å². The number of hydrogen-bond acceptors (Lipinski definition) is 3. The SMILES string of the molecule is CC(C)C(CN(C)C)NC(=O)C(C)C(C)C(=O)O. The first-order chi connectivity index (χ1) is 8.16. The predicted molar refractivity (Wildman–Crippen MR) is 71.3 cm³/mol. The molecule has 0 saturated carbocycles. The maximum atomic E-state index is 12.0. The standard InChI is InChI=1S/C13H26N2O3/c1-8(2)11(7-15(5)6)14-12(16)9(3)10(4)13(17)18/h8-11H,7H2,1-6H3,(H,14,16)(H,17,18). The third-order valence-corrected chi connectivity index (χ3v) is 3.25. The third-order valence-electron chi connectivity index (χ3n) is 3.25. The molecule has 1 amide bonds. The van der Waals surface area contributed by atoms with E-state index in [0.717, 1.165) is 6.54 Å². The van der Waals surface area contributed by atoms with Crippen LogP contribution in [-0.4, -0.2) is 48.6 Å². The van der Waals surface area contributed by atoms with Crippen LogP contribution in [0.25, 0.3) is 0 Å². The number of hydrogen-bond donors (Lipinski definition) is 2. The van der Waals surface area contributed by atoms with Crippen LogP contribution in [0.2, 0.25) is 0 Å². The first-order valence-electron chi connectivity index (χ1n) is 6.34. The summed E-state index contributed by atoms with van der Waals surface area (Å²) < 4.78 is 0. The summed E-state index contributed by atoms with van der Waals surface area (Å²) in [6, 6.07) is 0.0379. The maximum Gasteiger partial charge on any atom is 0.307 e. The summed E-state index contributed by atoms with van der Waals surface area (Å²) in [5, 5.41) is 11.8. The molecule has 2 N–H and O–H groups in total. The van der Waals surface area contributed by atoms with Gasteiger partial charge in [-0.15, -0.1) is 0 Å². The van der Waals surface area contributed by atoms with Gasteiger partial charge in [-0.25, -0.2) is 0 Å². The van der Waals surface area contributed by atoms with Gasteiger partial charge in [-0.1, -0.05) is 27.7 Å². The van der Waals surface area contributed by atoms with Gasteiger partial charge in [0.25, 0.3) is 0 Å². The second-order valence-electron chi connectivity index (χ2n) is 5.54. The van der Waals surface area contributed by atoms with E-state index in [9.17, 15) is 9.59 Å². The number of carbonyl (C=O) groups is 2. The highest BCUT2D eigenvalue weighted by molar-refractivity contribution is 5.84. The summed E-state index contributed by atoms with van der Waals surface area (Å²) in [6.07, 6.45) is 0. The van der Waals surface area contributed by atoms with E-state index in [-0.39, 0.29) is 11.9 Å². The Morgan fingerprint density at radius 1 is 1.11 bits per heavy atom. The molecule has 0 bridgehead atoms. The Morgan fingerprint density at radius 2 is 1.61 bits per heavy atom. The zero-order chi connectivity index (χ0) is 14.5. The second kappa shape index (κ2) is 7.36. The van der Waals surface area contributed by atoms with Gasteiger partial charge in [0.15, 0.2) is 0 Å². The quantitative estimate of drug-likeness (QED) is 0.716. The number of carboxylic acids is 1. The molecule has 5 heteroatoms. The Bertz CT molecular complexity index is 290. The van der Waals surface area contributed by atoms with E-state index in [1.54, 1.807) is 13.8 Å². The number of nitrogens with one attached hydrogen (secondary N) is 1. The Labute approximate surface area is 110 Å². The van der Waals surface area contributed by atoms with E-state index in [4.69, 9.17) is 5.11 Å². The molecular weight excluding hydrogens is 232 g/mol. The monoisotopic (exact) mass is 258 g/mol. The van der Waals surface area contributed by atoms with Gasteiger partial charge >= 0.3 is 5.97 Å². The number of nitrogens with zero attached hydrogens (tertiary/aromatic N) is 1. The molecule has 0 aliphatic carbocycles. The van der Waals surface area contributed by atoms with Crippen molar-refractivity contribution in [3.63, 3.8) is 0 Å². The fourth-order valence-electron chi connectivity index (χ4n) is 1.57. The van der Waals surface area contributed by atoms with Crippen molar-refractivity contribution in [2.75, 3.05) is 20.6 Å². The summed E-state index contributed by atoms with van der Waals surface area (Å²) in [7, 11) is 3.90. The Kier molecular flexibility index (Phi) is 6.91. The van der Waals surface area contributed by atoms with Crippen molar-refractivity contribution in [3.8, 4) is 0 Å². The van der Waals surface area contributed by atoms with E-state index in [0.29, 0.717) is 5.92 Å². The molecule has 3 unspecified atom stereocenters. The largest absolute Gasteiger partial charge is 0.481 e. The predicted octanol–water partition coefficient (Wildman–Crippen LogP) is 1.05. The first-order valence-corrected chi connectivity index (χ1v) is 6.34. The van der Waals surface area contributed by atoms with Crippen molar-refractivity contribution < 1.29 is 14.7 Å². The average Bonchev–Trinajstić information content (AvgIpc) is 2.24. The maximum absolute atomic E-state index is 12.0. The summed E-state index contributed by atoms with van der Waals surface area (Å²) in [5.41, 5.74) is 0. The third kappa shape index (κ3) is 5.49. The summed E-state index contributed by atoms with van der Waals surface area (Å²) >= 11 is 0. The number of carboxylic acid groups (broad SMARTS) is 1. The zero-order valence-corrected chi connectivity index (χ0v) is 12.2. The van der Waals surface area contributed by atoms with Gasteiger partial charge in [-0.2, -0.15) is 0 Å². The van der Waals surface area contributed by atoms with Crippen LogP contribution in [0.15, 0.2) is 0 Å². The lowest BCUT2D eigenvalue weighted by molar-refractivity contribution is -0.146. The molecule has 0 aromatic rings. The minimum Gasteiger partial charge on any atom is -0.481 e. The van der Waals surface area contributed by atoms with E-state index in [1.165, 1.54) is 0 Å².